The van der Waals surface area contributed by atoms with Crippen LogP contribution in [0.1, 0.15) is 29.0 Å². The Morgan fingerprint density at radius 2 is 1.91 bits per heavy atom. The normalized spacial score (nSPS) is 17.5. The molecule has 9 nitrogen and oxygen atoms in total. The van der Waals surface area contributed by atoms with Crippen LogP contribution >= 0.6 is 11.3 Å². The van der Waals surface area contributed by atoms with Crippen LogP contribution in [0, 0.1) is 5.41 Å². The topological polar surface area (TPSA) is 104 Å². The molecule has 1 N–H and O–H groups in total. The van der Waals surface area contributed by atoms with Crippen LogP contribution in [0.2, 0.25) is 0 Å². The highest BCUT2D eigenvalue weighted by Crippen LogP contribution is 2.50. The van der Waals surface area contributed by atoms with Crippen molar-refractivity contribution in [3.05, 3.63) is 41.6 Å². The average Bonchev–Trinajstić information content (AvgIpc) is 3.20. The van der Waals surface area contributed by atoms with E-state index in [1.165, 1.54) is 22.6 Å². The minimum atomic E-state index is -4.62. The SMILES string of the molecule is CN(C(=O)Nc1cc(C(F)(F)F)ncn1)C1CC2(C1)CN(C(=O)c1ncnc3ccsc13)C2. The number of carbonyl (C=O) groups is 2. The number of halogens is 3. The smallest absolute Gasteiger partial charge is 0.336 e. The Balaban J connectivity index is 1.15. The quantitative estimate of drug-likeness (QED) is 0.621. The van der Waals surface area contributed by atoms with Gasteiger partial charge in [-0.05, 0) is 24.3 Å². The van der Waals surface area contributed by atoms with Gasteiger partial charge < -0.3 is 9.80 Å². The molecule has 3 amide bonds. The Morgan fingerprint density at radius 3 is 2.64 bits per heavy atom. The van der Waals surface area contributed by atoms with Gasteiger partial charge in [-0.15, -0.1) is 11.3 Å². The van der Waals surface area contributed by atoms with Crippen molar-refractivity contribution >= 4 is 39.3 Å². The fourth-order valence-electron chi connectivity index (χ4n) is 4.41. The minimum Gasteiger partial charge on any atom is -0.336 e. The number of thiophene rings is 1. The molecule has 33 heavy (non-hydrogen) atoms. The van der Waals surface area contributed by atoms with E-state index in [9.17, 15) is 22.8 Å². The maximum Gasteiger partial charge on any atom is 0.433 e. The molecule has 0 unspecified atom stereocenters. The lowest BCUT2D eigenvalue weighted by Gasteiger charge is -2.60. The van der Waals surface area contributed by atoms with E-state index in [0.717, 1.165) is 16.5 Å². The molecule has 4 heterocycles. The molecule has 0 bridgehead atoms. The zero-order chi connectivity index (χ0) is 23.4. The van der Waals surface area contributed by atoms with Gasteiger partial charge in [-0.2, -0.15) is 13.2 Å². The summed E-state index contributed by atoms with van der Waals surface area (Å²) in [6.07, 6.45) is -1.06. The maximum atomic E-state index is 12.9. The van der Waals surface area contributed by atoms with Gasteiger partial charge in [0.2, 0.25) is 0 Å². The molecule has 0 aromatic carbocycles. The van der Waals surface area contributed by atoms with Crippen LogP contribution in [0.3, 0.4) is 0 Å². The average molecular weight is 477 g/mol. The van der Waals surface area contributed by atoms with Gasteiger partial charge in [0.1, 0.15) is 29.9 Å². The maximum absolute atomic E-state index is 12.9. The molecule has 0 atom stereocenters. The summed E-state index contributed by atoms with van der Waals surface area (Å²) in [4.78, 5) is 43.7. The molecular weight excluding hydrogens is 459 g/mol. The van der Waals surface area contributed by atoms with E-state index in [1.807, 2.05) is 11.4 Å². The molecule has 13 heteroatoms. The van der Waals surface area contributed by atoms with Gasteiger partial charge in [-0.3, -0.25) is 10.1 Å². The van der Waals surface area contributed by atoms with Crippen molar-refractivity contribution in [1.82, 2.24) is 29.7 Å². The van der Waals surface area contributed by atoms with E-state index >= 15 is 0 Å². The third-order valence-electron chi connectivity index (χ3n) is 6.18. The standard InChI is InChI=1S/C20H18F3N7O2S/c1-29(18(32)28-14-4-13(20(21,22)23)25-10-26-14)11-5-19(6-11)7-30(8-19)17(31)15-16-12(2-3-33-16)24-9-27-15/h2-4,9-11H,5-8H2,1H3,(H,25,26,28,32). The summed E-state index contributed by atoms with van der Waals surface area (Å²) in [5, 5.41) is 4.26. The lowest BCUT2D eigenvalue weighted by molar-refractivity contribution is -0.141. The second-order valence-electron chi connectivity index (χ2n) is 8.41. The van der Waals surface area contributed by atoms with Crippen molar-refractivity contribution < 1.29 is 22.8 Å². The van der Waals surface area contributed by atoms with Crippen LogP contribution in [0.5, 0.6) is 0 Å². The fraction of sp³-hybridized carbons (Fsp3) is 0.400. The summed E-state index contributed by atoms with van der Waals surface area (Å²) < 4.78 is 39.2. The monoisotopic (exact) mass is 477 g/mol. The highest BCUT2D eigenvalue weighted by molar-refractivity contribution is 7.17. The first-order chi connectivity index (χ1) is 15.7. The zero-order valence-corrected chi connectivity index (χ0v) is 18.2. The number of amides is 3. The van der Waals surface area contributed by atoms with Crippen molar-refractivity contribution in [3.8, 4) is 0 Å². The Hall–Kier alpha value is -3.35. The predicted octanol–water partition coefficient (Wildman–Crippen LogP) is 3.27. The van der Waals surface area contributed by atoms with Crippen LogP contribution < -0.4 is 5.32 Å². The lowest BCUT2D eigenvalue weighted by atomic mass is 9.60. The molecule has 172 valence electrons. The van der Waals surface area contributed by atoms with E-state index in [0.29, 0.717) is 37.7 Å². The van der Waals surface area contributed by atoms with Gasteiger partial charge in [0.25, 0.3) is 5.91 Å². The number of nitrogens with one attached hydrogen (secondary N) is 1. The first kappa shape index (κ1) is 21.5. The van der Waals surface area contributed by atoms with E-state index in [1.54, 1.807) is 11.9 Å². The molecular formula is C20H18F3N7O2S. The lowest BCUT2D eigenvalue weighted by Crippen LogP contribution is -2.67. The molecule has 1 aliphatic heterocycles. The second kappa shape index (κ2) is 7.61. The molecule has 2 fully saturated rings. The van der Waals surface area contributed by atoms with Crippen LogP contribution in [0.4, 0.5) is 23.8 Å². The highest BCUT2D eigenvalue weighted by Gasteiger charge is 2.55. The predicted molar refractivity (Wildman–Crippen MR) is 113 cm³/mol. The van der Waals surface area contributed by atoms with Crippen LogP contribution in [0.15, 0.2) is 30.2 Å². The van der Waals surface area contributed by atoms with Gasteiger partial charge in [-0.1, -0.05) is 0 Å². The fourth-order valence-corrected chi connectivity index (χ4v) is 5.24. The highest BCUT2D eigenvalue weighted by atomic mass is 32.1. The Kier molecular flexibility index (Phi) is 4.96. The molecule has 3 aromatic rings. The Labute approximate surface area is 189 Å². The summed E-state index contributed by atoms with van der Waals surface area (Å²) in [5.41, 5.74) is -0.0217. The number of urea groups is 1. The first-order valence-electron chi connectivity index (χ1n) is 10.1. The molecule has 1 spiro atoms. The van der Waals surface area contributed by atoms with Crippen LogP contribution in [-0.4, -0.2) is 67.9 Å². The van der Waals surface area contributed by atoms with Crippen molar-refractivity contribution in [1.29, 1.82) is 0 Å². The third kappa shape index (κ3) is 3.86. The summed E-state index contributed by atoms with van der Waals surface area (Å²) in [6.45, 7) is 1.16. The van der Waals surface area contributed by atoms with Crippen molar-refractivity contribution in [2.24, 2.45) is 5.41 Å². The number of hydrogen-bond donors (Lipinski definition) is 1. The van der Waals surface area contributed by atoms with Gasteiger partial charge in [0.05, 0.1) is 10.2 Å². The van der Waals surface area contributed by atoms with E-state index in [2.05, 4.69) is 25.3 Å². The zero-order valence-electron chi connectivity index (χ0n) is 17.3. The Bertz CT molecular complexity index is 1230. The third-order valence-corrected chi connectivity index (χ3v) is 7.09. The van der Waals surface area contributed by atoms with Gasteiger partial charge in [-0.25, -0.2) is 24.7 Å². The number of fused-ring (bicyclic) bond motifs is 1. The summed E-state index contributed by atoms with van der Waals surface area (Å²) in [7, 11) is 1.59. The molecule has 2 aliphatic rings. The van der Waals surface area contributed by atoms with E-state index < -0.39 is 17.9 Å². The number of anilines is 1. The van der Waals surface area contributed by atoms with Crippen LogP contribution in [0.25, 0.3) is 10.2 Å². The molecule has 1 aliphatic carbocycles. The summed E-state index contributed by atoms with van der Waals surface area (Å²) in [6, 6.07) is 1.92. The van der Waals surface area contributed by atoms with Gasteiger partial charge >= 0.3 is 12.2 Å². The number of hydrogen-bond acceptors (Lipinski definition) is 7. The van der Waals surface area contributed by atoms with Gasteiger partial charge in [0, 0.05) is 37.7 Å². The van der Waals surface area contributed by atoms with Crippen LogP contribution in [-0.2, 0) is 6.18 Å². The van der Waals surface area contributed by atoms with Gasteiger partial charge in [0.15, 0.2) is 0 Å². The number of carbonyl (C=O) groups excluding carboxylic acids is 2. The van der Waals surface area contributed by atoms with Crippen molar-refractivity contribution in [2.75, 3.05) is 25.5 Å². The second-order valence-corrected chi connectivity index (χ2v) is 9.32. The molecule has 1 saturated carbocycles. The van der Waals surface area contributed by atoms with Crippen molar-refractivity contribution in [2.45, 2.75) is 25.1 Å². The number of nitrogens with zero attached hydrogens (tertiary/aromatic N) is 6. The minimum absolute atomic E-state index is 0.0468. The molecule has 1 saturated heterocycles. The molecule has 5 rings (SSSR count). The largest absolute Gasteiger partial charge is 0.433 e. The molecule has 0 radical (unpaired) electrons. The van der Waals surface area contributed by atoms with Crippen molar-refractivity contribution in [3.63, 3.8) is 0 Å². The number of likely N-dealkylation sites (tertiary alicyclic amines) is 1. The Morgan fingerprint density at radius 1 is 1.18 bits per heavy atom. The van der Waals surface area contributed by atoms with E-state index in [4.69, 9.17) is 0 Å². The molecule has 3 aromatic heterocycles. The number of alkyl halides is 3. The number of aromatic nitrogens is 4. The van der Waals surface area contributed by atoms with E-state index in [-0.39, 0.29) is 23.2 Å². The number of rotatable bonds is 3. The summed E-state index contributed by atoms with van der Waals surface area (Å²) in [5.74, 6) is -0.345. The first-order valence-corrected chi connectivity index (χ1v) is 10.9. The summed E-state index contributed by atoms with van der Waals surface area (Å²) >= 11 is 1.43.